The minimum absolute atomic E-state index is 0.691. The summed E-state index contributed by atoms with van der Waals surface area (Å²) in [6.45, 7) is 8.53. The smallest absolute Gasteiger partial charge is 0.305 e. The second-order valence-electron chi connectivity index (χ2n) is 14.9. The highest BCUT2D eigenvalue weighted by molar-refractivity contribution is 5.70. The van der Waals surface area contributed by atoms with E-state index in [9.17, 15) is 52.7 Å². The van der Waals surface area contributed by atoms with Crippen molar-refractivity contribution in [2.45, 2.75) is 168 Å². The first-order valence-electron chi connectivity index (χ1n) is 20.3. The van der Waals surface area contributed by atoms with Crippen LogP contribution in [-0.2, 0) is 129 Å². The summed E-state index contributed by atoms with van der Waals surface area (Å²) in [6.07, 6.45) is -27.3. The van der Waals surface area contributed by atoms with Crippen LogP contribution in [0.25, 0.3) is 0 Å². The molecular formula is C40H54O27. The minimum atomic E-state index is -2.06. The van der Waals surface area contributed by atoms with E-state index in [2.05, 4.69) is 0 Å². The molecule has 27 nitrogen and oxygen atoms in total. The molecule has 0 radical (unpaired) electrons. The van der Waals surface area contributed by atoms with Crippen LogP contribution in [0.5, 0.6) is 0 Å². The van der Waals surface area contributed by atoms with Gasteiger partial charge in [-0.1, -0.05) is 0 Å². The van der Waals surface area contributed by atoms with Crippen LogP contribution in [0, 0.1) is 0 Å². The summed E-state index contributed by atoms with van der Waals surface area (Å²) in [4.78, 5) is 137. The van der Waals surface area contributed by atoms with Gasteiger partial charge in [0.2, 0.25) is 12.4 Å². The predicted octanol–water partition coefficient (Wildman–Crippen LogP) is -1.29. The molecule has 27 heteroatoms. The van der Waals surface area contributed by atoms with E-state index in [1.54, 1.807) is 0 Å². The molecule has 3 aliphatic heterocycles. The average Bonchev–Trinajstić information content (AvgIpc) is 3.17. The highest BCUT2D eigenvalue weighted by Gasteiger charge is 2.60. The van der Waals surface area contributed by atoms with E-state index >= 15 is 0 Å². The molecule has 0 spiro atoms. The van der Waals surface area contributed by atoms with Crippen LogP contribution >= 0.6 is 0 Å². The molecule has 7 unspecified atom stereocenters. The number of esters is 11. The van der Waals surface area contributed by atoms with E-state index in [0.717, 1.165) is 76.2 Å². The molecule has 0 saturated carbocycles. The van der Waals surface area contributed by atoms with Gasteiger partial charge >= 0.3 is 65.7 Å². The fraction of sp³-hybridized carbons (Fsp3) is 0.725. The Morgan fingerprint density at radius 3 is 0.776 bits per heavy atom. The third-order valence-electron chi connectivity index (χ3n) is 9.11. The predicted molar refractivity (Wildman–Crippen MR) is 206 cm³/mol. The van der Waals surface area contributed by atoms with Crippen molar-refractivity contribution in [3.8, 4) is 0 Å². The van der Waals surface area contributed by atoms with E-state index in [0.29, 0.717) is 0 Å². The molecule has 67 heavy (non-hydrogen) atoms. The maximum absolute atomic E-state index is 13.0. The molecule has 0 aromatic carbocycles. The van der Waals surface area contributed by atoms with Gasteiger partial charge in [-0.3, -0.25) is 52.7 Å². The number of ether oxygens (including phenoxy) is 16. The Labute approximate surface area is 382 Å². The Hall–Kier alpha value is -6.03. The molecule has 3 heterocycles. The Morgan fingerprint density at radius 2 is 0.493 bits per heavy atom. The molecule has 3 saturated heterocycles. The molecular weight excluding hydrogens is 912 g/mol. The highest BCUT2D eigenvalue weighted by atomic mass is 16.8. The molecule has 0 aromatic heterocycles. The van der Waals surface area contributed by atoms with Gasteiger partial charge < -0.3 is 75.8 Å². The monoisotopic (exact) mass is 966 g/mol. The summed E-state index contributed by atoms with van der Waals surface area (Å²) in [5.41, 5.74) is 0. The minimum Gasteiger partial charge on any atom is -0.463 e. The Bertz CT molecular complexity index is 1850. The van der Waals surface area contributed by atoms with Gasteiger partial charge in [0.15, 0.2) is 49.2 Å². The standard InChI is InChI=1S/C40H54O27/c1-15(41)52-12-26-29(55-18(4)44)32(56-19(5)45)36(60-23(9)49)39(64-26)67-31-28(14-54-17(3)43)65-40(37(61-24(10)50)34(31)58-21(7)47)66-30-27(13-53-16(2)42)63-38(62-25(11)51)35(59-22(8)48)33(30)57-20(6)46/h26-40H,12-14H2,1-11H3/t26?,27?,28?,29-,30-,31-,32?,33+,34?,35?,36+,37+,38?,39-,40-/m1/s1. The molecule has 0 aliphatic carbocycles. The highest BCUT2D eigenvalue weighted by Crippen LogP contribution is 2.38. The van der Waals surface area contributed by atoms with Crippen molar-refractivity contribution in [2.24, 2.45) is 0 Å². The molecule has 3 aliphatic rings. The zero-order valence-electron chi connectivity index (χ0n) is 38.3. The summed E-state index contributed by atoms with van der Waals surface area (Å²) in [6, 6.07) is 0. The maximum atomic E-state index is 13.0. The quantitative estimate of drug-likeness (QED) is 0.114. The Morgan fingerprint density at radius 1 is 0.269 bits per heavy atom. The van der Waals surface area contributed by atoms with Crippen LogP contribution in [0.1, 0.15) is 76.2 Å². The van der Waals surface area contributed by atoms with E-state index in [1.807, 2.05) is 0 Å². The van der Waals surface area contributed by atoms with Crippen LogP contribution in [0.2, 0.25) is 0 Å². The molecule has 0 amide bonds. The largest absolute Gasteiger partial charge is 0.463 e. The topological polar surface area (TPSA) is 335 Å². The van der Waals surface area contributed by atoms with Crippen LogP contribution in [0.3, 0.4) is 0 Å². The molecule has 0 N–H and O–H groups in total. The van der Waals surface area contributed by atoms with Crippen molar-refractivity contribution in [2.75, 3.05) is 19.8 Å². The van der Waals surface area contributed by atoms with Crippen molar-refractivity contribution in [1.29, 1.82) is 0 Å². The Kier molecular flexibility index (Phi) is 20.8. The van der Waals surface area contributed by atoms with Crippen molar-refractivity contribution >= 4 is 65.7 Å². The number of hydrogen-bond acceptors (Lipinski definition) is 27. The summed E-state index contributed by atoms with van der Waals surface area (Å²) in [5.74, 6) is -10.7. The molecule has 0 aromatic rings. The Balaban J connectivity index is 2.31. The first-order valence-corrected chi connectivity index (χ1v) is 20.3. The van der Waals surface area contributed by atoms with Gasteiger partial charge in [-0.2, -0.15) is 0 Å². The first-order chi connectivity index (χ1) is 31.3. The normalized spacial score (nSPS) is 31.2. The SMILES string of the molecule is CC(=O)OCC1O[C@H](O[C@@H]2C(COC(C)=O)O[C@H](O[C@@H]3C(COC(C)=O)OC(OC(C)=O)C(OC(C)=O)[C@H]3OC(C)=O)[C@@H](OC(C)=O)C2OC(C)=O)[C@@H](OC(C)=O)C(OC(C)=O)[C@@H]1OC(C)=O. The van der Waals surface area contributed by atoms with E-state index in [4.69, 9.17) is 75.8 Å². The lowest BCUT2D eigenvalue weighted by atomic mass is 9.95. The molecule has 0 bridgehead atoms. The molecule has 376 valence electrons. The van der Waals surface area contributed by atoms with Gasteiger partial charge in [0, 0.05) is 76.2 Å². The van der Waals surface area contributed by atoms with Gasteiger partial charge in [-0.25, -0.2) is 0 Å². The third kappa shape index (κ3) is 17.0. The molecule has 3 rings (SSSR count). The summed E-state index contributed by atoms with van der Waals surface area (Å²) in [5, 5.41) is 0. The zero-order valence-corrected chi connectivity index (χ0v) is 38.3. The number of rotatable bonds is 18. The van der Waals surface area contributed by atoms with Gasteiger partial charge in [-0.05, 0) is 0 Å². The second kappa shape index (κ2) is 25.2. The fourth-order valence-electron chi connectivity index (χ4n) is 7.01. The summed E-state index contributed by atoms with van der Waals surface area (Å²) < 4.78 is 90.4. The van der Waals surface area contributed by atoms with Crippen molar-refractivity contribution < 1.29 is 129 Å². The average molecular weight is 967 g/mol. The van der Waals surface area contributed by atoms with Gasteiger partial charge in [-0.15, -0.1) is 0 Å². The van der Waals surface area contributed by atoms with Crippen molar-refractivity contribution in [3.05, 3.63) is 0 Å². The van der Waals surface area contributed by atoms with E-state index in [-0.39, 0.29) is 0 Å². The van der Waals surface area contributed by atoms with Gasteiger partial charge in [0.1, 0.15) is 50.3 Å². The van der Waals surface area contributed by atoms with Crippen LogP contribution in [-0.4, -0.2) is 178 Å². The van der Waals surface area contributed by atoms with Crippen LogP contribution in [0.4, 0.5) is 0 Å². The number of hydrogen-bond donors (Lipinski definition) is 0. The van der Waals surface area contributed by atoms with Crippen LogP contribution < -0.4 is 0 Å². The lowest BCUT2D eigenvalue weighted by molar-refractivity contribution is -0.378. The lowest BCUT2D eigenvalue weighted by Crippen LogP contribution is -2.69. The van der Waals surface area contributed by atoms with E-state index < -0.39 is 178 Å². The zero-order chi connectivity index (χ0) is 50.4. The lowest BCUT2D eigenvalue weighted by Gasteiger charge is -2.50. The third-order valence-corrected chi connectivity index (χ3v) is 9.11. The fourth-order valence-corrected chi connectivity index (χ4v) is 7.01. The second-order valence-corrected chi connectivity index (χ2v) is 14.9. The van der Waals surface area contributed by atoms with Crippen molar-refractivity contribution in [3.63, 3.8) is 0 Å². The number of carbonyl (C=O) groups is 11. The molecule has 15 atom stereocenters. The van der Waals surface area contributed by atoms with E-state index in [1.165, 1.54) is 0 Å². The summed E-state index contributed by atoms with van der Waals surface area (Å²) in [7, 11) is 0. The molecule has 3 fully saturated rings. The number of carbonyl (C=O) groups excluding carboxylic acids is 11. The van der Waals surface area contributed by atoms with Crippen molar-refractivity contribution in [1.82, 2.24) is 0 Å². The van der Waals surface area contributed by atoms with Crippen LogP contribution in [0.15, 0.2) is 0 Å². The van der Waals surface area contributed by atoms with Gasteiger partial charge in [0.25, 0.3) is 0 Å². The summed E-state index contributed by atoms with van der Waals surface area (Å²) >= 11 is 0. The maximum Gasteiger partial charge on any atom is 0.305 e. The first kappa shape index (κ1) is 55.3. The van der Waals surface area contributed by atoms with Gasteiger partial charge in [0.05, 0.1) is 0 Å².